The van der Waals surface area contributed by atoms with Crippen LogP contribution >= 0.6 is 0 Å². The first-order valence-electron chi connectivity index (χ1n) is 2.21. The van der Waals surface area contributed by atoms with Gasteiger partial charge in [-0.1, -0.05) is 19.8 Å². The first-order chi connectivity index (χ1) is 2.41. The van der Waals surface area contributed by atoms with E-state index in [0.717, 1.165) is 6.42 Å². The maximum atomic E-state index is 3.68. The summed E-state index contributed by atoms with van der Waals surface area (Å²) in [6.07, 6.45) is 3.65. The van der Waals surface area contributed by atoms with E-state index in [2.05, 4.69) is 13.8 Å². The van der Waals surface area contributed by atoms with E-state index in [1.165, 1.54) is 12.8 Å². The van der Waals surface area contributed by atoms with E-state index in [0.29, 0.717) is 0 Å². The van der Waals surface area contributed by atoms with Gasteiger partial charge in [0.15, 0.2) is 0 Å². The molecule has 0 aliphatic heterocycles. The summed E-state index contributed by atoms with van der Waals surface area (Å²) in [5.41, 5.74) is 0. The Labute approximate surface area is 54.6 Å². The first kappa shape index (κ1) is 9.85. The molecule has 0 heterocycles. The molecule has 0 saturated heterocycles. The van der Waals surface area contributed by atoms with Gasteiger partial charge in [0.1, 0.15) is 0 Å². The summed E-state index contributed by atoms with van der Waals surface area (Å²) in [7, 11) is 0. The maximum absolute atomic E-state index is 3.68. The minimum Gasteiger partial charge on any atom is -0.343 e. The second-order valence-electron chi connectivity index (χ2n) is 1.21. The van der Waals surface area contributed by atoms with Crippen molar-refractivity contribution >= 4 is 0 Å². The van der Waals surface area contributed by atoms with Gasteiger partial charge in [0.05, 0.1) is 0 Å². The first-order valence-corrected chi connectivity index (χ1v) is 2.21. The molecule has 0 N–H and O–H groups in total. The van der Waals surface area contributed by atoms with Gasteiger partial charge >= 0.3 is 21.1 Å². The number of unbranched alkanes of at least 4 members (excludes halogenated alkanes) is 2. The minimum absolute atomic E-state index is 0. The van der Waals surface area contributed by atoms with Gasteiger partial charge in [0, 0.05) is 0 Å². The Hall–Kier alpha value is 0.688. The molecule has 1 heteroatoms. The Morgan fingerprint density at radius 3 is 2.00 bits per heavy atom. The normalized spacial score (nSPS) is 7.00. The minimum atomic E-state index is 0. The van der Waals surface area contributed by atoms with E-state index in [4.69, 9.17) is 0 Å². The Balaban J connectivity index is 0. The molecule has 0 rings (SSSR count). The van der Waals surface area contributed by atoms with Gasteiger partial charge < -0.3 is 6.92 Å². The van der Waals surface area contributed by atoms with Gasteiger partial charge in [-0.25, -0.2) is 0 Å². The molecule has 0 fully saturated rings. The second kappa shape index (κ2) is 9.19. The number of hydrogen-bond donors (Lipinski definition) is 0. The van der Waals surface area contributed by atoms with Crippen molar-refractivity contribution in [2.75, 3.05) is 0 Å². The van der Waals surface area contributed by atoms with E-state index >= 15 is 0 Å². The third kappa shape index (κ3) is 8.82. The van der Waals surface area contributed by atoms with E-state index < -0.39 is 0 Å². The van der Waals surface area contributed by atoms with Crippen LogP contribution in [0.25, 0.3) is 0 Å². The van der Waals surface area contributed by atoms with E-state index in [-0.39, 0.29) is 21.1 Å². The van der Waals surface area contributed by atoms with E-state index in [1.54, 1.807) is 0 Å². The summed E-state index contributed by atoms with van der Waals surface area (Å²) in [5.74, 6) is 0. The molecule has 0 amide bonds. The van der Waals surface area contributed by atoms with Crippen molar-refractivity contribution in [1.82, 2.24) is 0 Å². The van der Waals surface area contributed by atoms with Gasteiger partial charge in [-0.05, 0) is 0 Å². The van der Waals surface area contributed by atoms with E-state index in [1.807, 2.05) is 0 Å². The molecule has 0 saturated carbocycles. The molecular formula is C5H11W+. The quantitative estimate of drug-likeness (QED) is 0.662. The molecule has 0 spiro atoms. The standard InChI is InChI=1S/C5H11.W/c1-3-5-4-2;/h1,3-5H2,2H3;/q-1;+2. The Morgan fingerprint density at radius 1 is 1.50 bits per heavy atom. The van der Waals surface area contributed by atoms with Crippen LogP contribution in [0, 0.1) is 6.92 Å². The van der Waals surface area contributed by atoms with E-state index in [9.17, 15) is 0 Å². The molecule has 0 radical (unpaired) electrons. The smallest absolute Gasteiger partial charge is 0.343 e. The summed E-state index contributed by atoms with van der Waals surface area (Å²) in [6.45, 7) is 5.85. The monoisotopic (exact) mass is 255 g/mol. The molecule has 0 unspecified atom stereocenters. The molecule has 0 aliphatic rings. The fraction of sp³-hybridized carbons (Fsp3) is 0.800. The van der Waals surface area contributed by atoms with Crippen molar-refractivity contribution in [1.29, 1.82) is 0 Å². The molecule has 0 atom stereocenters. The van der Waals surface area contributed by atoms with Crippen molar-refractivity contribution in [2.24, 2.45) is 0 Å². The van der Waals surface area contributed by atoms with Crippen LogP contribution in [0.5, 0.6) is 0 Å². The van der Waals surface area contributed by atoms with Crippen LogP contribution in [0.1, 0.15) is 26.2 Å². The van der Waals surface area contributed by atoms with Gasteiger partial charge in [-0.15, -0.1) is 0 Å². The van der Waals surface area contributed by atoms with Gasteiger partial charge in [0.25, 0.3) is 0 Å². The molecular weight excluding hydrogens is 244 g/mol. The van der Waals surface area contributed by atoms with Crippen molar-refractivity contribution in [3.05, 3.63) is 6.92 Å². The Morgan fingerprint density at radius 2 is 2.00 bits per heavy atom. The van der Waals surface area contributed by atoms with Crippen molar-refractivity contribution in [3.63, 3.8) is 0 Å². The third-order valence-corrected chi connectivity index (χ3v) is 0.604. The molecule has 6 heavy (non-hydrogen) atoms. The number of hydrogen-bond acceptors (Lipinski definition) is 0. The van der Waals surface area contributed by atoms with Gasteiger partial charge in [-0.3, -0.25) is 0 Å². The predicted octanol–water partition coefficient (Wildman–Crippen LogP) is 2.01. The van der Waals surface area contributed by atoms with Crippen LogP contribution in [-0.2, 0) is 21.1 Å². The predicted molar refractivity (Wildman–Crippen MR) is 24.9 cm³/mol. The molecule has 0 bridgehead atoms. The molecule has 36 valence electrons. The third-order valence-electron chi connectivity index (χ3n) is 0.604. The Bertz CT molecular complexity index is 11.4. The summed E-state index contributed by atoms with van der Waals surface area (Å²) >= 11 is 0. The Kier molecular flexibility index (Phi) is 15.1. The van der Waals surface area contributed by atoms with Crippen LogP contribution in [0.15, 0.2) is 0 Å². The van der Waals surface area contributed by atoms with Crippen molar-refractivity contribution < 1.29 is 21.1 Å². The van der Waals surface area contributed by atoms with Gasteiger partial charge in [-0.2, -0.15) is 6.42 Å². The number of rotatable bonds is 2. The maximum Gasteiger partial charge on any atom is 2.00 e. The molecule has 0 nitrogen and oxygen atoms in total. The average molecular weight is 255 g/mol. The van der Waals surface area contributed by atoms with Crippen LogP contribution in [-0.4, -0.2) is 0 Å². The van der Waals surface area contributed by atoms with Crippen molar-refractivity contribution in [3.8, 4) is 0 Å². The molecule has 0 aliphatic carbocycles. The zero-order chi connectivity index (χ0) is 4.12. The zero-order valence-corrected chi connectivity index (χ0v) is 7.17. The summed E-state index contributed by atoms with van der Waals surface area (Å²) in [4.78, 5) is 0. The SMILES string of the molecule is [CH2-]CCCC.[W+2]. The molecule has 0 aromatic carbocycles. The largest absolute Gasteiger partial charge is 2.00 e. The average Bonchev–Trinajstić information content (AvgIpc) is 1.41. The van der Waals surface area contributed by atoms with Crippen LogP contribution in [0.3, 0.4) is 0 Å². The van der Waals surface area contributed by atoms with Gasteiger partial charge in [0.2, 0.25) is 0 Å². The fourth-order valence-corrected chi connectivity index (χ4v) is 0.250. The summed E-state index contributed by atoms with van der Waals surface area (Å²) in [5, 5.41) is 0. The topological polar surface area (TPSA) is 0 Å². The second-order valence-corrected chi connectivity index (χ2v) is 1.21. The molecule has 0 aromatic rings. The van der Waals surface area contributed by atoms with Crippen LogP contribution in [0.2, 0.25) is 0 Å². The fourth-order valence-electron chi connectivity index (χ4n) is 0.250. The molecule has 0 aromatic heterocycles. The zero-order valence-electron chi connectivity index (χ0n) is 4.24. The summed E-state index contributed by atoms with van der Waals surface area (Å²) < 4.78 is 0. The van der Waals surface area contributed by atoms with Crippen molar-refractivity contribution in [2.45, 2.75) is 26.2 Å². The van der Waals surface area contributed by atoms with Crippen LogP contribution in [0.4, 0.5) is 0 Å². The van der Waals surface area contributed by atoms with Crippen LogP contribution < -0.4 is 0 Å². The summed E-state index contributed by atoms with van der Waals surface area (Å²) in [6, 6.07) is 0.